The summed E-state index contributed by atoms with van der Waals surface area (Å²) in [5.41, 5.74) is 1.80. The molecule has 0 fully saturated rings. The van der Waals surface area contributed by atoms with Crippen LogP contribution in [0, 0.1) is 12.3 Å². The first-order valence-corrected chi connectivity index (χ1v) is 10.4. The van der Waals surface area contributed by atoms with Crippen molar-refractivity contribution in [3.05, 3.63) is 71.1 Å². The topological polar surface area (TPSA) is 34.9 Å². The Bertz CT molecular complexity index is 1250. The molecule has 0 saturated carbocycles. The summed E-state index contributed by atoms with van der Waals surface area (Å²) in [5.74, 6) is 2.68. The largest absolute Gasteiger partial charge is 0.334 e. The number of thioether (sulfide) groups is 1. The number of terminal acetylenes is 1. The van der Waals surface area contributed by atoms with Crippen LogP contribution >= 0.6 is 23.5 Å². The molecule has 3 nitrogen and oxygen atoms in total. The number of benzene rings is 2. The Morgan fingerprint density at radius 2 is 1.81 bits per heavy atom. The molecule has 0 amide bonds. The van der Waals surface area contributed by atoms with Crippen LogP contribution in [-0.2, 0) is 6.54 Å². The van der Waals surface area contributed by atoms with Gasteiger partial charge in [-0.25, -0.2) is 0 Å². The van der Waals surface area contributed by atoms with Crippen LogP contribution < -0.4 is 5.43 Å². The van der Waals surface area contributed by atoms with Gasteiger partial charge in [0.15, 0.2) is 0 Å². The van der Waals surface area contributed by atoms with E-state index in [0.29, 0.717) is 16.8 Å². The Morgan fingerprint density at radius 3 is 2.59 bits per heavy atom. The van der Waals surface area contributed by atoms with Crippen LogP contribution in [0.15, 0.2) is 80.4 Å². The monoisotopic (exact) mass is 388 g/mol. The number of hydrogen-bond acceptors (Lipinski definition) is 4. The summed E-state index contributed by atoms with van der Waals surface area (Å²) < 4.78 is 1.96. The van der Waals surface area contributed by atoms with Crippen molar-refractivity contribution in [2.45, 2.75) is 21.2 Å². The molecule has 0 atom stereocenters. The van der Waals surface area contributed by atoms with Crippen molar-refractivity contribution in [3.8, 4) is 12.3 Å². The average Bonchev–Trinajstić information content (AvgIpc) is 2.71. The molecule has 0 bridgehead atoms. The van der Waals surface area contributed by atoms with Crippen LogP contribution in [0.25, 0.3) is 21.8 Å². The third kappa shape index (κ3) is 3.23. The summed E-state index contributed by atoms with van der Waals surface area (Å²) in [4.78, 5) is 20.4. The Labute approximate surface area is 165 Å². The molecule has 0 saturated heterocycles. The zero-order valence-electron chi connectivity index (χ0n) is 14.7. The van der Waals surface area contributed by atoms with Gasteiger partial charge >= 0.3 is 0 Å². The molecule has 2 heterocycles. The molecule has 0 radical (unpaired) electrons. The molecule has 0 aliphatic heterocycles. The summed E-state index contributed by atoms with van der Waals surface area (Å²) in [7, 11) is 0. The van der Waals surface area contributed by atoms with E-state index in [1.165, 1.54) is 11.8 Å². The SMILES string of the molecule is C#CCn1cc(Sc2c(SC)cnc3ccccc23)c(=O)c2ccccc21. The number of aromatic nitrogens is 2. The van der Waals surface area contributed by atoms with Gasteiger partial charge in [0.05, 0.1) is 22.5 Å². The first-order valence-electron chi connectivity index (χ1n) is 8.38. The average molecular weight is 389 g/mol. The fourth-order valence-electron chi connectivity index (χ4n) is 3.08. The van der Waals surface area contributed by atoms with Gasteiger partial charge in [0.1, 0.15) is 0 Å². The maximum absolute atomic E-state index is 13.1. The molecule has 0 aliphatic rings. The van der Waals surface area contributed by atoms with Gasteiger partial charge in [0, 0.05) is 33.0 Å². The molecule has 2 aromatic heterocycles. The Morgan fingerprint density at radius 1 is 1.07 bits per heavy atom. The van der Waals surface area contributed by atoms with Crippen molar-refractivity contribution in [1.29, 1.82) is 0 Å². The van der Waals surface area contributed by atoms with Crippen molar-refractivity contribution in [1.82, 2.24) is 9.55 Å². The highest BCUT2D eigenvalue weighted by Crippen LogP contribution is 2.38. The van der Waals surface area contributed by atoms with Crippen LogP contribution in [0.3, 0.4) is 0 Å². The first-order chi connectivity index (χ1) is 13.2. The second-order valence-corrected chi connectivity index (χ2v) is 7.85. The summed E-state index contributed by atoms with van der Waals surface area (Å²) >= 11 is 3.12. The zero-order valence-corrected chi connectivity index (χ0v) is 16.3. The second kappa shape index (κ2) is 7.51. The van der Waals surface area contributed by atoms with Gasteiger partial charge in [-0.3, -0.25) is 9.78 Å². The number of para-hydroxylation sites is 2. The Kier molecular flexibility index (Phi) is 4.93. The summed E-state index contributed by atoms with van der Waals surface area (Å²) in [5, 5.41) is 1.73. The quantitative estimate of drug-likeness (QED) is 0.362. The predicted octanol–water partition coefficient (Wildman–Crippen LogP) is 5.06. The first kappa shape index (κ1) is 17.7. The van der Waals surface area contributed by atoms with Gasteiger partial charge in [-0.15, -0.1) is 18.2 Å². The van der Waals surface area contributed by atoms with Crippen LogP contribution in [0.4, 0.5) is 0 Å². The number of nitrogens with zero attached hydrogens (tertiary/aromatic N) is 2. The molecule has 132 valence electrons. The van der Waals surface area contributed by atoms with Crippen molar-refractivity contribution in [2.24, 2.45) is 0 Å². The van der Waals surface area contributed by atoms with Crippen molar-refractivity contribution in [3.63, 3.8) is 0 Å². The highest BCUT2D eigenvalue weighted by atomic mass is 32.2. The van der Waals surface area contributed by atoms with Gasteiger partial charge in [0.2, 0.25) is 5.43 Å². The van der Waals surface area contributed by atoms with Gasteiger partial charge in [-0.1, -0.05) is 48.0 Å². The summed E-state index contributed by atoms with van der Waals surface area (Å²) in [6.07, 6.45) is 11.3. The van der Waals surface area contributed by atoms with Crippen LogP contribution in [0.5, 0.6) is 0 Å². The Hall–Kier alpha value is -2.68. The Balaban J connectivity index is 1.95. The van der Waals surface area contributed by atoms with E-state index < -0.39 is 0 Å². The fourth-order valence-corrected chi connectivity index (χ4v) is 4.95. The zero-order chi connectivity index (χ0) is 18.8. The van der Waals surface area contributed by atoms with E-state index in [4.69, 9.17) is 6.42 Å². The lowest BCUT2D eigenvalue weighted by Crippen LogP contribution is -2.11. The maximum Gasteiger partial charge on any atom is 0.203 e. The van der Waals surface area contributed by atoms with E-state index in [2.05, 4.69) is 10.9 Å². The minimum absolute atomic E-state index is 0.0248. The lowest BCUT2D eigenvalue weighted by Gasteiger charge is -2.13. The molecular formula is C22H16N2OS2. The van der Waals surface area contributed by atoms with E-state index >= 15 is 0 Å². The fraction of sp³-hybridized carbons (Fsp3) is 0.0909. The molecular weight excluding hydrogens is 372 g/mol. The molecule has 27 heavy (non-hydrogen) atoms. The van der Waals surface area contributed by atoms with E-state index in [9.17, 15) is 4.79 Å². The lowest BCUT2D eigenvalue weighted by atomic mass is 10.2. The molecule has 0 unspecified atom stereocenters. The lowest BCUT2D eigenvalue weighted by molar-refractivity contribution is 0.853. The van der Waals surface area contributed by atoms with Gasteiger partial charge in [-0.05, 0) is 24.5 Å². The molecule has 0 N–H and O–H groups in total. The third-order valence-electron chi connectivity index (χ3n) is 4.34. The number of pyridine rings is 2. The third-order valence-corrected chi connectivity index (χ3v) is 6.38. The van der Waals surface area contributed by atoms with Gasteiger partial charge < -0.3 is 4.57 Å². The number of fused-ring (bicyclic) bond motifs is 2. The maximum atomic E-state index is 13.1. The second-order valence-electron chi connectivity index (χ2n) is 5.95. The molecule has 4 rings (SSSR count). The smallest absolute Gasteiger partial charge is 0.203 e. The number of rotatable bonds is 4. The van der Waals surface area contributed by atoms with Crippen LogP contribution in [-0.4, -0.2) is 15.8 Å². The highest BCUT2D eigenvalue weighted by Gasteiger charge is 2.14. The van der Waals surface area contributed by atoms with Crippen LogP contribution in [0.1, 0.15) is 0 Å². The summed E-state index contributed by atoms with van der Waals surface area (Å²) in [6, 6.07) is 15.6. The van der Waals surface area contributed by atoms with E-state index in [0.717, 1.165) is 26.2 Å². The predicted molar refractivity (Wildman–Crippen MR) is 115 cm³/mol. The molecule has 2 aromatic carbocycles. The standard InChI is InChI=1S/C22H16N2OS2/c1-3-12-24-14-20(21(25)16-9-5-7-11-18(16)24)27-22-15-8-4-6-10-17(15)23-13-19(22)26-2/h1,4-11,13-14H,12H2,2H3. The van der Waals surface area contributed by atoms with E-state index in [-0.39, 0.29) is 5.43 Å². The van der Waals surface area contributed by atoms with Gasteiger partial charge in [0.25, 0.3) is 0 Å². The molecule has 0 spiro atoms. The normalized spacial score (nSPS) is 11.0. The van der Waals surface area contributed by atoms with Crippen LogP contribution in [0.2, 0.25) is 0 Å². The van der Waals surface area contributed by atoms with E-state index in [1.54, 1.807) is 11.8 Å². The molecule has 4 aromatic rings. The minimum Gasteiger partial charge on any atom is -0.334 e. The number of hydrogen-bond donors (Lipinski definition) is 0. The minimum atomic E-state index is 0.0248. The highest BCUT2D eigenvalue weighted by molar-refractivity contribution is 8.02. The molecule has 0 aliphatic carbocycles. The van der Waals surface area contributed by atoms with Crippen molar-refractivity contribution < 1.29 is 0 Å². The van der Waals surface area contributed by atoms with E-state index in [1.807, 2.05) is 71.7 Å². The summed E-state index contributed by atoms with van der Waals surface area (Å²) in [6.45, 7) is 0.417. The molecule has 5 heteroatoms. The van der Waals surface area contributed by atoms with Crippen molar-refractivity contribution in [2.75, 3.05) is 6.26 Å². The van der Waals surface area contributed by atoms with Crippen molar-refractivity contribution >= 4 is 45.3 Å². The van der Waals surface area contributed by atoms with Gasteiger partial charge in [-0.2, -0.15) is 0 Å².